The van der Waals surface area contributed by atoms with Crippen molar-refractivity contribution in [2.24, 2.45) is 0 Å². The second-order valence-electron chi connectivity index (χ2n) is 6.54. The standard InChI is InChI=1S/C19H19N5O3/c25-19(20-12-18-21-14-5-1-2-6-15(14)22-18)13-7-8-16(17(11-13)24(26)27)23-9-3-4-10-23/h1-2,5-8,11H,3-4,9-10,12H2,(H,20,25)(H,21,22). The second kappa shape index (κ2) is 7.06. The zero-order valence-corrected chi connectivity index (χ0v) is 14.6. The molecule has 2 aromatic carbocycles. The van der Waals surface area contributed by atoms with Gasteiger partial charge in [-0.3, -0.25) is 14.9 Å². The van der Waals surface area contributed by atoms with E-state index in [0.29, 0.717) is 11.5 Å². The van der Waals surface area contributed by atoms with Crippen molar-refractivity contribution in [2.45, 2.75) is 19.4 Å². The number of H-pyrrole nitrogens is 1. The lowest BCUT2D eigenvalue weighted by Gasteiger charge is -2.17. The molecule has 2 heterocycles. The van der Waals surface area contributed by atoms with Crippen LogP contribution in [0.4, 0.5) is 11.4 Å². The average molecular weight is 365 g/mol. The summed E-state index contributed by atoms with van der Waals surface area (Å²) in [4.78, 5) is 33.0. The van der Waals surface area contributed by atoms with Crippen LogP contribution in [0.3, 0.4) is 0 Å². The summed E-state index contributed by atoms with van der Waals surface area (Å²) in [6.07, 6.45) is 2.05. The smallest absolute Gasteiger partial charge is 0.293 e. The molecule has 0 aliphatic carbocycles. The van der Waals surface area contributed by atoms with E-state index in [4.69, 9.17) is 0 Å². The van der Waals surface area contributed by atoms with Gasteiger partial charge in [0.05, 0.1) is 22.5 Å². The third kappa shape index (κ3) is 3.46. The topological polar surface area (TPSA) is 104 Å². The first-order valence-electron chi connectivity index (χ1n) is 8.87. The van der Waals surface area contributed by atoms with E-state index >= 15 is 0 Å². The fourth-order valence-electron chi connectivity index (χ4n) is 3.39. The van der Waals surface area contributed by atoms with Crippen LogP contribution in [0, 0.1) is 10.1 Å². The highest BCUT2D eigenvalue weighted by atomic mass is 16.6. The van der Waals surface area contributed by atoms with Gasteiger partial charge in [-0.1, -0.05) is 12.1 Å². The summed E-state index contributed by atoms with van der Waals surface area (Å²) >= 11 is 0. The fourth-order valence-corrected chi connectivity index (χ4v) is 3.39. The molecule has 0 spiro atoms. The van der Waals surface area contributed by atoms with Gasteiger partial charge >= 0.3 is 0 Å². The van der Waals surface area contributed by atoms with E-state index in [1.165, 1.54) is 6.07 Å². The number of nitro groups is 1. The van der Waals surface area contributed by atoms with E-state index in [0.717, 1.165) is 37.0 Å². The van der Waals surface area contributed by atoms with E-state index < -0.39 is 4.92 Å². The zero-order valence-electron chi connectivity index (χ0n) is 14.6. The van der Waals surface area contributed by atoms with Gasteiger partial charge in [-0.15, -0.1) is 0 Å². The van der Waals surface area contributed by atoms with E-state index in [1.807, 2.05) is 29.2 Å². The van der Waals surface area contributed by atoms with Crippen LogP contribution in [0.1, 0.15) is 29.0 Å². The minimum atomic E-state index is -0.427. The number of para-hydroxylation sites is 2. The van der Waals surface area contributed by atoms with Gasteiger partial charge < -0.3 is 15.2 Å². The molecule has 1 saturated heterocycles. The highest BCUT2D eigenvalue weighted by molar-refractivity contribution is 5.95. The normalized spacial score (nSPS) is 13.9. The number of hydrogen-bond donors (Lipinski definition) is 2. The Hall–Kier alpha value is -3.42. The molecule has 2 N–H and O–H groups in total. The van der Waals surface area contributed by atoms with Crippen LogP contribution in [-0.2, 0) is 6.54 Å². The molecule has 1 fully saturated rings. The Bertz CT molecular complexity index is 975. The molecular weight excluding hydrogens is 346 g/mol. The van der Waals surface area contributed by atoms with Crippen LogP contribution >= 0.6 is 0 Å². The Balaban J connectivity index is 1.50. The summed E-state index contributed by atoms with van der Waals surface area (Å²) in [5, 5.41) is 14.2. The quantitative estimate of drug-likeness (QED) is 0.534. The third-order valence-electron chi connectivity index (χ3n) is 4.74. The highest BCUT2D eigenvalue weighted by Crippen LogP contribution is 2.31. The predicted molar refractivity (Wildman–Crippen MR) is 102 cm³/mol. The maximum absolute atomic E-state index is 12.5. The van der Waals surface area contributed by atoms with Gasteiger partial charge in [0.15, 0.2) is 0 Å². The number of anilines is 1. The molecule has 0 bridgehead atoms. The maximum atomic E-state index is 12.5. The Kier molecular flexibility index (Phi) is 4.45. The average Bonchev–Trinajstić information content (AvgIpc) is 3.34. The summed E-state index contributed by atoms with van der Waals surface area (Å²) < 4.78 is 0. The molecule has 8 heteroatoms. The first-order chi connectivity index (χ1) is 13.1. The number of nitrogens with one attached hydrogen (secondary N) is 2. The monoisotopic (exact) mass is 365 g/mol. The lowest BCUT2D eigenvalue weighted by atomic mass is 10.1. The summed E-state index contributed by atoms with van der Waals surface area (Å²) in [5.74, 6) is 0.263. The Morgan fingerprint density at radius 3 is 2.74 bits per heavy atom. The lowest BCUT2D eigenvalue weighted by Crippen LogP contribution is -2.24. The molecule has 1 aliphatic rings. The molecule has 0 unspecified atom stereocenters. The van der Waals surface area contributed by atoms with Gasteiger partial charge in [0, 0.05) is 24.7 Å². The molecule has 0 radical (unpaired) electrons. The number of aromatic nitrogens is 2. The van der Waals surface area contributed by atoms with Crippen LogP contribution in [-0.4, -0.2) is 33.9 Å². The molecule has 0 saturated carbocycles. The van der Waals surface area contributed by atoms with Gasteiger partial charge in [0.25, 0.3) is 11.6 Å². The minimum Gasteiger partial charge on any atom is -0.366 e. The number of imidazole rings is 1. The van der Waals surface area contributed by atoms with Crippen LogP contribution in [0.15, 0.2) is 42.5 Å². The Labute approximate surface area is 155 Å². The molecule has 1 aromatic heterocycles. The molecule has 1 aliphatic heterocycles. The van der Waals surface area contributed by atoms with E-state index in [2.05, 4.69) is 15.3 Å². The molecule has 8 nitrogen and oxygen atoms in total. The fraction of sp³-hybridized carbons (Fsp3) is 0.263. The molecule has 1 amide bonds. The molecular formula is C19H19N5O3. The first-order valence-corrected chi connectivity index (χ1v) is 8.87. The second-order valence-corrected chi connectivity index (χ2v) is 6.54. The van der Waals surface area contributed by atoms with Gasteiger partial charge in [-0.25, -0.2) is 4.98 Å². The molecule has 27 heavy (non-hydrogen) atoms. The van der Waals surface area contributed by atoms with Crippen molar-refractivity contribution in [1.29, 1.82) is 0 Å². The van der Waals surface area contributed by atoms with Crippen molar-refractivity contribution in [3.05, 3.63) is 64.0 Å². The third-order valence-corrected chi connectivity index (χ3v) is 4.74. The summed E-state index contributed by atoms with van der Waals surface area (Å²) in [5.41, 5.74) is 2.53. The van der Waals surface area contributed by atoms with E-state index in [-0.39, 0.29) is 23.7 Å². The number of amides is 1. The number of fused-ring (bicyclic) bond motifs is 1. The molecule has 4 rings (SSSR count). The van der Waals surface area contributed by atoms with Crippen molar-refractivity contribution in [3.63, 3.8) is 0 Å². The maximum Gasteiger partial charge on any atom is 0.293 e. The predicted octanol–water partition coefficient (Wildman–Crippen LogP) is 3.00. The molecule has 0 atom stereocenters. The van der Waals surface area contributed by atoms with Crippen molar-refractivity contribution >= 4 is 28.3 Å². The van der Waals surface area contributed by atoms with Crippen molar-refractivity contribution in [1.82, 2.24) is 15.3 Å². The SMILES string of the molecule is O=C(NCc1nc2ccccc2[nH]1)c1ccc(N2CCCC2)c([N+](=O)[O-])c1. The number of aromatic amines is 1. The number of carbonyl (C=O) groups excluding carboxylic acids is 1. The largest absolute Gasteiger partial charge is 0.366 e. The van der Waals surface area contributed by atoms with Crippen LogP contribution < -0.4 is 10.2 Å². The summed E-state index contributed by atoms with van der Waals surface area (Å²) in [7, 11) is 0. The van der Waals surface area contributed by atoms with E-state index in [9.17, 15) is 14.9 Å². The molecule has 3 aromatic rings. The van der Waals surface area contributed by atoms with Gasteiger partial charge in [0.1, 0.15) is 11.5 Å². The molecule has 138 valence electrons. The van der Waals surface area contributed by atoms with Crippen LogP contribution in [0.25, 0.3) is 11.0 Å². The van der Waals surface area contributed by atoms with Crippen molar-refractivity contribution in [3.8, 4) is 0 Å². The Morgan fingerprint density at radius 1 is 1.22 bits per heavy atom. The van der Waals surface area contributed by atoms with Crippen LogP contribution in [0.5, 0.6) is 0 Å². The number of carbonyl (C=O) groups is 1. The number of nitrogens with zero attached hydrogens (tertiary/aromatic N) is 3. The number of nitro benzene ring substituents is 1. The highest BCUT2D eigenvalue weighted by Gasteiger charge is 2.23. The first kappa shape index (κ1) is 17.0. The van der Waals surface area contributed by atoms with E-state index in [1.54, 1.807) is 12.1 Å². The van der Waals surface area contributed by atoms with Gasteiger partial charge in [-0.05, 0) is 37.1 Å². The number of hydrogen-bond acceptors (Lipinski definition) is 5. The Morgan fingerprint density at radius 2 is 2.00 bits per heavy atom. The number of benzene rings is 2. The van der Waals surface area contributed by atoms with Crippen molar-refractivity contribution < 1.29 is 9.72 Å². The number of rotatable bonds is 5. The summed E-state index contributed by atoms with van der Waals surface area (Å²) in [6, 6.07) is 12.2. The van der Waals surface area contributed by atoms with Gasteiger partial charge in [-0.2, -0.15) is 0 Å². The lowest BCUT2D eigenvalue weighted by molar-refractivity contribution is -0.384. The van der Waals surface area contributed by atoms with Gasteiger partial charge in [0.2, 0.25) is 0 Å². The van der Waals surface area contributed by atoms with Crippen molar-refractivity contribution in [2.75, 3.05) is 18.0 Å². The summed E-state index contributed by atoms with van der Waals surface area (Å²) in [6.45, 7) is 1.83. The zero-order chi connectivity index (χ0) is 18.8. The van der Waals surface area contributed by atoms with Crippen LogP contribution in [0.2, 0.25) is 0 Å². The minimum absolute atomic E-state index is 0.0340.